The van der Waals surface area contributed by atoms with Gasteiger partial charge in [0.15, 0.2) is 0 Å². The van der Waals surface area contributed by atoms with E-state index in [1.807, 2.05) is 31.2 Å². The lowest BCUT2D eigenvalue weighted by Gasteiger charge is -2.64. The smallest absolute Gasteiger partial charge is 0.341 e. The highest BCUT2D eigenvalue weighted by Gasteiger charge is 2.71. The Labute approximate surface area is 299 Å². The number of nitrogens with one attached hydrogen (secondary N) is 1. The molecule has 0 aromatic carbocycles. The monoisotopic (exact) mass is 702 g/mol. The van der Waals surface area contributed by atoms with Crippen molar-refractivity contribution in [1.82, 2.24) is 19.9 Å². The van der Waals surface area contributed by atoms with Crippen molar-refractivity contribution in [3.05, 3.63) is 59.8 Å². The van der Waals surface area contributed by atoms with Crippen LogP contribution in [-0.2, 0) is 23.7 Å². The number of hydrogen-bond donors (Lipinski definition) is 3. The molecular formula is C38H50N6O7. The number of esters is 1. The van der Waals surface area contributed by atoms with Crippen LogP contribution >= 0.6 is 0 Å². The summed E-state index contributed by atoms with van der Waals surface area (Å²) in [6.45, 7) is 10.6. The van der Waals surface area contributed by atoms with Gasteiger partial charge in [0.1, 0.15) is 17.2 Å². The molecule has 0 amide bonds. The topological polar surface area (TPSA) is 155 Å². The van der Waals surface area contributed by atoms with Gasteiger partial charge in [-0.3, -0.25) is 4.90 Å². The first-order valence-corrected chi connectivity index (χ1v) is 18.5. The normalized spacial score (nSPS) is 36.8. The molecule has 274 valence electrons. The molecule has 4 aliphatic heterocycles. The van der Waals surface area contributed by atoms with Crippen molar-refractivity contribution in [1.29, 1.82) is 0 Å². The van der Waals surface area contributed by atoms with E-state index in [1.54, 1.807) is 24.7 Å². The van der Waals surface area contributed by atoms with Crippen LogP contribution in [0.2, 0.25) is 0 Å². The fourth-order valence-electron chi connectivity index (χ4n) is 9.96. The van der Waals surface area contributed by atoms with Gasteiger partial charge < -0.3 is 39.4 Å². The zero-order chi connectivity index (χ0) is 35.2. The Kier molecular flexibility index (Phi) is 9.39. The van der Waals surface area contributed by atoms with Crippen molar-refractivity contribution in [2.75, 3.05) is 76.0 Å². The van der Waals surface area contributed by atoms with E-state index < -0.39 is 29.1 Å². The van der Waals surface area contributed by atoms with Crippen LogP contribution in [0.15, 0.2) is 54.2 Å². The fourth-order valence-corrected chi connectivity index (χ4v) is 9.96. The van der Waals surface area contributed by atoms with Crippen LogP contribution in [0.25, 0.3) is 6.08 Å². The third-order valence-corrected chi connectivity index (χ3v) is 12.9. The van der Waals surface area contributed by atoms with Gasteiger partial charge in [-0.25, -0.2) is 19.7 Å². The van der Waals surface area contributed by atoms with Gasteiger partial charge in [0.2, 0.25) is 5.95 Å². The summed E-state index contributed by atoms with van der Waals surface area (Å²) < 4.78 is 23.7. The number of hydrogen-bond acceptors (Lipinski definition) is 13. The molecule has 2 saturated carbocycles. The number of epoxide rings is 1. The second-order valence-electron chi connectivity index (χ2n) is 15.6. The maximum absolute atomic E-state index is 13.8. The van der Waals surface area contributed by atoms with E-state index in [1.165, 1.54) is 0 Å². The molecule has 2 aromatic heterocycles. The maximum atomic E-state index is 13.8. The minimum absolute atomic E-state index is 0.000886. The third-order valence-electron chi connectivity index (χ3n) is 12.9. The summed E-state index contributed by atoms with van der Waals surface area (Å²) in [5.41, 5.74) is -0.125. The molecular weight excluding hydrogens is 652 g/mol. The number of rotatable bonds is 9. The van der Waals surface area contributed by atoms with E-state index in [9.17, 15) is 15.0 Å². The van der Waals surface area contributed by atoms with Crippen LogP contribution in [0, 0.1) is 22.7 Å². The molecule has 5 fully saturated rings. The summed E-state index contributed by atoms with van der Waals surface area (Å²) in [6.07, 6.45) is 11.0. The lowest BCUT2D eigenvalue weighted by molar-refractivity contribution is -0.197. The molecule has 0 radical (unpaired) electrons. The van der Waals surface area contributed by atoms with Crippen molar-refractivity contribution in [3.8, 4) is 0 Å². The lowest BCUT2D eigenvalue weighted by Crippen LogP contribution is -2.68. The molecule has 8 atom stereocenters. The van der Waals surface area contributed by atoms with Crippen LogP contribution in [0.1, 0.15) is 45.1 Å². The number of cyclic esters (lactones) is 1. The van der Waals surface area contributed by atoms with Crippen LogP contribution in [-0.4, -0.2) is 126 Å². The number of carbonyl (C=O) groups excluding carboxylic acids is 1. The van der Waals surface area contributed by atoms with Gasteiger partial charge in [0, 0.05) is 61.8 Å². The number of pyridine rings is 1. The molecule has 8 rings (SSSR count). The molecule has 0 bridgehead atoms. The molecule has 13 heteroatoms. The Morgan fingerprint density at radius 1 is 1.06 bits per heavy atom. The highest BCUT2D eigenvalue weighted by atomic mass is 16.6. The van der Waals surface area contributed by atoms with Crippen LogP contribution < -0.4 is 10.2 Å². The fraction of sp³-hybridized carbons (Fsp3) is 0.632. The lowest BCUT2D eigenvalue weighted by atomic mass is 9.43. The van der Waals surface area contributed by atoms with E-state index in [-0.39, 0.29) is 29.9 Å². The molecule has 6 heterocycles. The Hall–Kier alpha value is -3.46. The van der Waals surface area contributed by atoms with Gasteiger partial charge in [-0.05, 0) is 67.2 Å². The Morgan fingerprint density at radius 3 is 2.45 bits per heavy atom. The Bertz CT molecular complexity index is 1620. The number of carbonyl (C=O) groups is 1. The summed E-state index contributed by atoms with van der Waals surface area (Å²) in [7, 11) is 0. The number of nitrogens with zero attached hydrogens (tertiary/aromatic N) is 5. The first-order valence-electron chi connectivity index (χ1n) is 18.5. The minimum Gasteiger partial charge on any atom is -0.423 e. The van der Waals surface area contributed by atoms with Crippen molar-refractivity contribution in [2.24, 2.45) is 22.7 Å². The van der Waals surface area contributed by atoms with Crippen molar-refractivity contribution in [3.63, 3.8) is 0 Å². The SMILES string of the molecule is C[C@]12CC[C@@H](O)[C@@](C)(CO)C1CC(N1CCOCC1)C1(CO1)C2CC(Nc1ccccn1)C1=CC(=Cc2cnc(N3CCOCC3)nc2)OC1=O. The highest BCUT2D eigenvalue weighted by Crippen LogP contribution is 2.67. The van der Waals surface area contributed by atoms with Gasteiger partial charge in [-0.2, -0.15) is 0 Å². The molecule has 51 heavy (non-hydrogen) atoms. The van der Waals surface area contributed by atoms with E-state index in [2.05, 4.69) is 37.0 Å². The van der Waals surface area contributed by atoms with Crippen molar-refractivity contribution in [2.45, 2.75) is 63.3 Å². The van der Waals surface area contributed by atoms with E-state index in [4.69, 9.17) is 18.9 Å². The van der Waals surface area contributed by atoms with Gasteiger partial charge in [-0.1, -0.05) is 19.9 Å². The van der Waals surface area contributed by atoms with Crippen LogP contribution in [0.4, 0.5) is 11.8 Å². The number of allylic oxidation sites excluding steroid dienone is 1. The summed E-state index contributed by atoms with van der Waals surface area (Å²) >= 11 is 0. The molecule has 1 spiro atoms. The molecule has 2 aromatic rings. The van der Waals surface area contributed by atoms with Crippen LogP contribution in [0.5, 0.6) is 0 Å². The van der Waals surface area contributed by atoms with E-state index in [0.717, 1.165) is 44.6 Å². The standard InChI is InChI=1S/C38H50N6O7/c1-36-7-6-32(46)37(2,23-45)29(36)20-31(43-9-13-48-14-10-43)38(24-50-38)30(36)19-28(42-33-5-3-4-8-39-33)27-18-26(51-34(27)47)17-25-21-40-35(41-22-25)44-11-15-49-16-12-44/h3-5,8,17-18,21-22,28-32,45-46H,6-7,9-16,19-20,23-24H2,1-2H3,(H,39,42)/t28?,29?,30?,31?,32-,36+,37+,38?/m1/s1. The number of aliphatic hydroxyl groups excluding tert-OH is 2. The maximum Gasteiger partial charge on any atom is 0.341 e. The molecule has 2 aliphatic carbocycles. The zero-order valence-electron chi connectivity index (χ0n) is 29.6. The minimum atomic E-state index is -0.670. The first kappa shape index (κ1) is 34.6. The number of aromatic nitrogens is 3. The highest BCUT2D eigenvalue weighted by molar-refractivity contribution is 5.95. The Morgan fingerprint density at radius 2 is 1.78 bits per heavy atom. The summed E-state index contributed by atoms with van der Waals surface area (Å²) in [6, 6.07) is 5.34. The van der Waals surface area contributed by atoms with Gasteiger partial charge >= 0.3 is 5.97 Å². The quantitative estimate of drug-likeness (QED) is 0.259. The largest absolute Gasteiger partial charge is 0.423 e. The predicted molar refractivity (Wildman–Crippen MR) is 188 cm³/mol. The molecule has 6 aliphatic rings. The van der Waals surface area contributed by atoms with Gasteiger partial charge in [0.05, 0.1) is 57.4 Å². The summed E-state index contributed by atoms with van der Waals surface area (Å²) in [5, 5.41) is 25.9. The second-order valence-corrected chi connectivity index (χ2v) is 15.6. The summed E-state index contributed by atoms with van der Waals surface area (Å²) in [4.78, 5) is 32.1. The second kappa shape index (κ2) is 13.8. The number of ether oxygens (including phenoxy) is 4. The average molecular weight is 703 g/mol. The van der Waals surface area contributed by atoms with Crippen molar-refractivity contribution < 1.29 is 34.0 Å². The van der Waals surface area contributed by atoms with Gasteiger partial charge in [-0.15, -0.1) is 0 Å². The van der Waals surface area contributed by atoms with E-state index >= 15 is 0 Å². The third kappa shape index (κ3) is 6.35. The Balaban J connectivity index is 1.14. The summed E-state index contributed by atoms with van der Waals surface area (Å²) in [5.74, 6) is 1.36. The number of morpholine rings is 2. The van der Waals surface area contributed by atoms with Crippen LogP contribution in [0.3, 0.4) is 0 Å². The number of anilines is 2. The predicted octanol–water partition coefficient (Wildman–Crippen LogP) is 2.67. The molecule has 3 N–H and O–H groups in total. The van der Waals surface area contributed by atoms with E-state index in [0.29, 0.717) is 69.0 Å². The molecule has 3 saturated heterocycles. The molecule has 5 unspecified atom stereocenters. The first-order chi connectivity index (χ1) is 24.7. The average Bonchev–Trinajstić information content (AvgIpc) is 3.86. The number of aliphatic hydroxyl groups is 2. The molecule has 13 nitrogen and oxygen atoms in total. The van der Waals surface area contributed by atoms with Crippen molar-refractivity contribution >= 4 is 23.8 Å². The zero-order valence-corrected chi connectivity index (χ0v) is 29.6. The number of fused-ring (bicyclic) bond motifs is 1. The van der Waals surface area contributed by atoms with Gasteiger partial charge in [0.25, 0.3) is 0 Å².